The highest BCUT2D eigenvalue weighted by Crippen LogP contribution is 2.29. The molecule has 1 N–H and O–H groups in total. The highest BCUT2D eigenvalue weighted by Gasteiger charge is 2.18. The van der Waals surface area contributed by atoms with Crippen LogP contribution < -0.4 is 4.72 Å². The molecule has 0 atom stereocenters. The first-order valence-electron chi connectivity index (χ1n) is 5.44. The molecule has 0 aliphatic carbocycles. The number of anilines is 1. The molecule has 0 amide bonds. The summed E-state index contributed by atoms with van der Waals surface area (Å²) in [5, 5.41) is 0. The lowest BCUT2D eigenvalue weighted by Crippen LogP contribution is -2.14. The van der Waals surface area contributed by atoms with E-state index in [0.29, 0.717) is 10.2 Å². The minimum Gasteiger partial charge on any atom is -0.278 e. The van der Waals surface area contributed by atoms with E-state index in [0.717, 1.165) is 10.0 Å². The van der Waals surface area contributed by atoms with E-state index in [1.54, 1.807) is 36.4 Å². The number of rotatable bonds is 3. The fourth-order valence-electron chi connectivity index (χ4n) is 1.59. The molecule has 19 heavy (non-hydrogen) atoms. The van der Waals surface area contributed by atoms with Gasteiger partial charge in [-0.05, 0) is 62.5 Å². The Morgan fingerprint density at radius 2 is 1.68 bits per heavy atom. The van der Waals surface area contributed by atoms with E-state index < -0.39 is 10.0 Å². The lowest BCUT2D eigenvalue weighted by Gasteiger charge is -2.12. The number of nitrogens with one attached hydrogen (secondary N) is 1. The second kappa shape index (κ2) is 5.64. The molecule has 0 spiro atoms. The van der Waals surface area contributed by atoms with Crippen LogP contribution in [0.25, 0.3) is 0 Å². The molecule has 0 saturated heterocycles. The van der Waals surface area contributed by atoms with Crippen molar-refractivity contribution >= 4 is 47.6 Å². The van der Waals surface area contributed by atoms with Crippen LogP contribution in [-0.4, -0.2) is 8.42 Å². The molecule has 0 heterocycles. The molecule has 0 saturated carbocycles. The van der Waals surface area contributed by atoms with E-state index in [4.69, 9.17) is 0 Å². The molecule has 0 aliphatic heterocycles. The molecule has 100 valence electrons. The van der Waals surface area contributed by atoms with E-state index in [1.807, 2.05) is 13.0 Å². The van der Waals surface area contributed by atoms with Gasteiger partial charge in [-0.15, -0.1) is 0 Å². The molecular formula is C13H11Br2NO2S. The SMILES string of the molecule is Cc1cccc(NS(=O)(=O)c2ccccc2Br)c1Br. The molecule has 0 aliphatic rings. The molecule has 0 fully saturated rings. The minimum absolute atomic E-state index is 0.211. The summed E-state index contributed by atoms with van der Waals surface area (Å²) >= 11 is 6.63. The van der Waals surface area contributed by atoms with E-state index in [1.165, 1.54) is 0 Å². The van der Waals surface area contributed by atoms with Crippen LogP contribution in [0.15, 0.2) is 56.3 Å². The van der Waals surface area contributed by atoms with Gasteiger partial charge in [-0.3, -0.25) is 4.72 Å². The molecule has 2 aromatic carbocycles. The number of hydrogen-bond donors (Lipinski definition) is 1. The fraction of sp³-hybridized carbons (Fsp3) is 0.0769. The van der Waals surface area contributed by atoms with Gasteiger partial charge in [-0.25, -0.2) is 8.42 Å². The van der Waals surface area contributed by atoms with Crippen LogP contribution in [0.4, 0.5) is 5.69 Å². The highest BCUT2D eigenvalue weighted by atomic mass is 79.9. The number of aryl methyl sites for hydroxylation is 1. The first kappa shape index (κ1) is 14.6. The second-order valence-electron chi connectivity index (χ2n) is 3.97. The molecule has 2 rings (SSSR count). The van der Waals surface area contributed by atoms with Crippen LogP contribution >= 0.6 is 31.9 Å². The number of sulfonamides is 1. The maximum absolute atomic E-state index is 12.3. The Balaban J connectivity index is 2.43. The Labute approximate surface area is 129 Å². The van der Waals surface area contributed by atoms with Crippen molar-refractivity contribution in [1.29, 1.82) is 0 Å². The Kier molecular flexibility index (Phi) is 4.32. The van der Waals surface area contributed by atoms with Crippen molar-refractivity contribution in [2.75, 3.05) is 4.72 Å². The Morgan fingerprint density at radius 1 is 1.00 bits per heavy atom. The van der Waals surface area contributed by atoms with Crippen LogP contribution in [0.2, 0.25) is 0 Å². The van der Waals surface area contributed by atoms with Crippen molar-refractivity contribution < 1.29 is 8.42 Å². The standard InChI is InChI=1S/C13H11Br2NO2S/c1-9-5-4-7-11(13(9)15)16-19(17,18)12-8-3-2-6-10(12)14/h2-8,16H,1H3. The van der Waals surface area contributed by atoms with Gasteiger partial charge in [-0.2, -0.15) is 0 Å². The van der Waals surface area contributed by atoms with Gasteiger partial charge >= 0.3 is 0 Å². The zero-order chi connectivity index (χ0) is 14.0. The number of benzene rings is 2. The van der Waals surface area contributed by atoms with E-state index in [2.05, 4.69) is 36.6 Å². The van der Waals surface area contributed by atoms with E-state index >= 15 is 0 Å². The van der Waals surface area contributed by atoms with Crippen molar-refractivity contribution in [2.24, 2.45) is 0 Å². The summed E-state index contributed by atoms with van der Waals surface area (Å²) in [6.45, 7) is 1.90. The summed E-state index contributed by atoms with van der Waals surface area (Å²) in [5.74, 6) is 0. The van der Waals surface area contributed by atoms with E-state index in [-0.39, 0.29) is 4.90 Å². The summed E-state index contributed by atoms with van der Waals surface area (Å²) in [5.41, 5.74) is 1.49. The van der Waals surface area contributed by atoms with Gasteiger partial charge in [0.25, 0.3) is 10.0 Å². The Morgan fingerprint density at radius 3 is 2.37 bits per heavy atom. The Bertz CT molecular complexity index is 714. The quantitative estimate of drug-likeness (QED) is 0.827. The maximum Gasteiger partial charge on any atom is 0.263 e. The van der Waals surface area contributed by atoms with Gasteiger partial charge in [0.05, 0.1) is 5.69 Å². The smallest absolute Gasteiger partial charge is 0.263 e. The van der Waals surface area contributed by atoms with Crippen molar-refractivity contribution in [1.82, 2.24) is 0 Å². The summed E-state index contributed by atoms with van der Waals surface area (Å²) in [6, 6.07) is 12.1. The number of halogens is 2. The summed E-state index contributed by atoms with van der Waals surface area (Å²) in [4.78, 5) is 0.211. The van der Waals surface area contributed by atoms with Crippen molar-refractivity contribution in [2.45, 2.75) is 11.8 Å². The molecule has 0 unspecified atom stereocenters. The van der Waals surface area contributed by atoms with Crippen LogP contribution in [0.5, 0.6) is 0 Å². The summed E-state index contributed by atoms with van der Waals surface area (Å²) < 4.78 is 28.5. The molecule has 2 aromatic rings. The monoisotopic (exact) mass is 403 g/mol. The molecule has 6 heteroatoms. The van der Waals surface area contributed by atoms with Crippen LogP contribution in [0.3, 0.4) is 0 Å². The summed E-state index contributed by atoms with van der Waals surface area (Å²) in [6.07, 6.45) is 0. The topological polar surface area (TPSA) is 46.2 Å². The largest absolute Gasteiger partial charge is 0.278 e. The average Bonchev–Trinajstić information content (AvgIpc) is 2.35. The van der Waals surface area contributed by atoms with Gasteiger partial charge < -0.3 is 0 Å². The lowest BCUT2D eigenvalue weighted by molar-refractivity contribution is 0.600. The Hall–Kier alpha value is -0.850. The molecule has 0 aromatic heterocycles. The minimum atomic E-state index is -3.61. The first-order chi connectivity index (χ1) is 8.92. The van der Waals surface area contributed by atoms with Gasteiger partial charge in [0.1, 0.15) is 4.90 Å². The van der Waals surface area contributed by atoms with Gasteiger partial charge in [0, 0.05) is 8.95 Å². The van der Waals surface area contributed by atoms with Crippen molar-refractivity contribution in [3.8, 4) is 0 Å². The van der Waals surface area contributed by atoms with Crippen LogP contribution in [-0.2, 0) is 10.0 Å². The van der Waals surface area contributed by atoms with Gasteiger partial charge in [-0.1, -0.05) is 24.3 Å². The van der Waals surface area contributed by atoms with Crippen molar-refractivity contribution in [3.05, 3.63) is 57.0 Å². The van der Waals surface area contributed by atoms with E-state index in [9.17, 15) is 8.42 Å². The maximum atomic E-state index is 12.3. The second-order valence-corrected chi connectivity index (χ2v) is 7.27. The molecule has 3 nitrogen and oxygen atoms in total. The third-order valence-electron chi connectivity index (χ3n) is 2.56. The zero-order valence-corrected chi connectivity index (χ0v) is 14.0. The number of hydrogen-bond acceptors (Lipinski definition) is 2. The van der Waals surface area contributed by atoms with Gasteiger partial charge in [0.2, 0.25) is 0 Å². The fourth-order valence-corrected chi connectivity index (χ4v) is 4.16. The zero-order valence-electron chi connectivity index (χ0n) is 10.0. The highest BCUT2D eigenvalue weighted by molar-refractivity contribution is 9.11. The van der Waals surface area contributed by atoms with Crippen LogP contribution in [0.1, 0.15) is 5.56 Å². The van der Waals surface area contributed by atoms with Crippen LogP contribution in [0, 0.1) is 6.92 Å². The summed E-state index contributed by atoms with van der Waals surface area (Å²) in [7, 11) is -3.61. The normalized spacial score (nSPS) is 11.3. The molecule has 0 bridgehead atoms. The predicted molar refractivity (Wildman–Crippen MR) is 83.8 cm³/mol. The van der Waals surface area contributed by atoms with Crippen molar-refractivity contribution in [3.63, 3.8) is 0 Å². The average molecular weight is 405 g/mol. The molecular weight excluding hydrogens is 394 g/mol. The third kappa shape index (κ3) is 3.19. The third-order valence-corrected chi connectivity index (χ3v) is 5.99. The first-order valence-corrected chi connectivity index (χ1v) is 8.51. The molecule has 0 radical (unpaired) electrons. The van der Waals surface area contributed by atoms with Gasteiger partial charge in [0.15, 0.2) is 0 Å². The lowest BCUT2D eigenvalue weighted by atomic mass is 10.2. The predicted octanol–water partition coefficient (Wildman–Crippen LogP) is 4.32.